The first kappa shape index (κ1) is 26.5. The van der Waals surface area contributed by atoms with Gasteiger partial charge in [-0.3, -0.25) is 14.2 Å². The molecular weight excluding hydrogens is 544 g/mol. The van der Waals surface area contributed by atoms with Crippen LogP contribution in [0.5, 0.6) is 0 Å². The van der Waals surface area contributed by atoms with E-state index in [2.05, 4.69) is 25.4 Å². The molecule has 4 N–H and O–H groups in total. The number of nitrogens with zero attached hydrogens (tertiary/aromatic N) is 5. The first-order valence-electron chi connectivity index (χ1n) is 11.9. The van der Waals surface area contributed by atoms with Crippen LogP contribution in [0.4, 0.5) is 29.1 Å². The second kappa shape index (κ2) is 10.2. The van der Waals surface area contributed by atoms with E-state index in [0.29, 0.717) is 19.3 Å². The van der Waals surface area contributed by atoms with Crippen molar-refractivity contribution in [2.24, 2.45) is 5.92 Å². The van der Waals surface area contributed by atoms with E-state index in [4.69, 9.17) is 17.3 Å². The quantitative estimate of drug-likeness (QED) is 0.308. The van der Waals surface area contributed by atoms with Gasteiger partial charge >= 0.3 is 6.18 Å². The van der Waals surface area contributed by atoms with E-state index in [9.17, 15) is 27.2 Å². The van der Waals surface area contributed by atoms with Crippen LogP contribution in [0, 0.1) is 11.7 Å². The van der Waals surface area contributed by atoms with E-state index in [0.717, 1.165) is 18.7 Å². The SMILES string of the molecule is Nc1nc(-c2cc3ncn(C[C@@H]4CCC[C@H](Nc5cn[nH]c(=O)c5C(F)(F)F)C4)c(=O)c3cc2F)ncc1Cl. The van der Waals surface area contributed by atoms with Gasteiger partial charge in [0.1, 0.15) is 22.2 Å². The van der Waals surface area contributed by atoms with Crippen LogP contribution in [0.1, 0.15) is 31.2 Å². The van der Waals surface area contributed by atoms with E-state index < -0.39 is 28.7 Å². The van der Waals surface area contributed by atoms with Crippen molar-refractivity contribution in [3.05, 3.63) is 68.0 Å². The predicted octanol–water partition coefficient (Wildman–Crippen LogP) is 4.00. The number of H-pyrrole nitrogens is 1. The van der Waals surface area contributed by atoms with Gasteiger partial charge in [-0.25, -0.2) is 24.4 Å². The minimum atomic E-state index is -4.85. The molecule has 15 heteroatoms. The summed E-state index contributed by atoms with van der Waals surface area (Å²) in [5.74, 6) is -0.844. The number of nitrogens with two attached hydrogens (primary N) is 1. The van der Waals surface area contributed by atoms with Crippen LogP contribution >= 0.6 is 11.6 Å². The van der Waals surface area contributed by atoms with Crippen molar-refractivity contribution in [1.82, 2.24) is 29.7 Å². The molecule has 1 aliphatic carbocycles. The number of benzene rings is 1. The highest BCUT2D eigenvalue weighted by molar-refractivity contribution is 6.32. The maximum Gasteiger partial charge on any atom is 0.423 e. The van der Waals surface area contributed by atoms with Crippen LogP contribution in [0.3, 0.4) is 0 Å². The van der Waals surface area contributed by atoms with Crippen LogP contribution in [0.15, 0.2) is 40.4 Å². The fraction of sp³-hybridized carbons (Fsp3) is 0.333. The summed E-state index contributed by atoms with van der Waals surface area (Å²) in [6.45, 7) is 0.236. The number of nitrogen functional groups attached to an aromatic ring is 1. The third kappa shape index (κ3) is 5.41. The van der Waals surface area contributed by atoms with E-state index >= 15 is 0 Å². The molecule has 204 valence electrons. The topological polar surface area (TPSA) is 144 Å². The summed E-state index contributed by atoms with van der Waals surface area (Å²) in [6, 6.07) is 2.05. The Hall–Kier alpha value is -4.07. The summed E-state index contributed by atoms with van der Waals surface area (Å²) in [5, 5.41) is 8.28. The summed E-state index contributed by atoms with van der Waals surface area (Å²) < 4.78 is 56.5. The number of halogens is 5. The zero-order valence-electron chi connectivity index (χ0n) is 20.1. The first-order chi connectivity index (χ1) is 18.5. The van der Waals surface area contributed by atoms with E-state index in [1.807, 2.05) is 5.10 Å². The predicted molar refractivity (Wildman–Crippen MR) is 136 cm³/mol. The Morgan fingerprint density at radius 1 is 1.18 bits per heavy atom. The van der Waals surface area contributed by atoms with Gasteiger partial charge in [0.15, 0.2) is 5.82 Å². The zero-order chi connectivity index (χ0) is 27.9. The third-order valence-corrected chi connectivity index (χ3v) is 6.95. The van der Waals surface area contributed by atoms with Crippen molar-refractivity contribution in [3.63, 3.8) is 0 Å². The lowest BCUT2D eigenvalue weighted by Crippen LogP contribution is -2.34. The summed E-state index contributed by atoms with van der Waals surface area (Å²) >= 11 is 5.84. The van der Waals surface area contributed by atoms with Gasteiger partial charge in [-0.05, 0) is 37.3 Å². The second-order valence-electron chi connectivity index (χ2n) is 9.34. The number of anilines is 2. The number of hydrogen-bond acceptors (Lipinski definition) is 8. The normalized spacial score (nSPS) is 17.9. The zero-order valence-corrected chi connectivity index (χ0v) is 20.9. The minimum Gasteiger partial charge on any atom is -0.382 e. The second-order valence-corrected chi connectivity index (χ2v) is 9.74. The molecule has 5 rings (SSSR count). The number of fused-ring (bicyclic) bond motifs is 1. The summed E-state index contributed by atoms with van der Waals surface area (Å²) in [6.07, 6.45) is 1.13. The monoisotopic (exact) mass is 564 g/mol. The number of nitrogens with one attached hydrogen (secondary N) is 2. The van der Waals surface area contributed by atoms with Gasteiger partial charge in [0.05, 0.1) is 40.9 Å². The lowest BCUT2D eigenvalue weighted by atomic mass is 9.85. The molecule has 39 heavy (non-hydrogen) atoms. The van der Waals surface area contributed by atoms with Crippen LogP contribution in [0.2, 0.25) is 5.02 Å². The van der Waals surface area contributed by atoms with Gasteiger partial charge in [0.25, 0.3) is 11.1 Å². The molecule has 1 aromatic carbocycles. The molecule has 1 aliphatic rings. The molecule has 0 amide bonds. The fourth-order valence-electron chi connectivity index (χ4n) is 4.87. The summed E-state index contributed by atoms with van der Waals surface area (Å²) in [7, 11) is 0. The Morgan fingerprint density at radius 3 is 2.72 bits per heavy atom. The Morgan fingerprint density at radius 2 is 1.97 bits per heavy atom. The first-order valence-corrected chi connectivity index (χ1v) is 12.3. The van der Waals surface area contributed by atoms with Gasteiger partial charge < -0.3 is 11.1 Å². The molecule has 1 saturated carbocycles. The molecule has 1 fully saturated rings. The molecule has 0 radical (unpaired) electrons. The molecule has 3 aromatic heterocycles. The third-order valence-electron chi connectivity index (χ3n) is 6.66. The average Bonchev–Trinajstić information content (AvgIpc) is 2.87. The van der Waals surface area contributed by atoms with Gasteiger partial charge in [0, 0.05) is 12.6 Å². The standard InChI is InChI=1S/C24H21ClF4N8O2/c25-15-7-31-21(35-20(15)30)13-6-17-14(5-16(13)26)23(39)37(10-32-17)9-11-2-1-3-12(4-11)34-18-8-33-36-22(38)19(18)24(27,28)29/h5-8,10-12H,1-4,9H2,(H2,30,31,35)(H2,34,36,38)/t11-,12+/m1/s1. The number of rotatable bonds is 5. The number of alkyl halides is 3. The highest BCUT2D eigenvalue weighted by Gasteiger charge is 2.38. The van der Waals surface area contributed by atoms with Crippen LogP contribution in [-0.4, -0.2) is 35.8 Å². The molecule has 0 unspecified atom stereocenters. The van der Waals surface area contributed by atoms with Crippen LogP contribution in [-0.2, 0) is 12.7 Å². The van der Waals surface area contributed by atoms with Crippen molar-refractivity contribution in [1.29, 1.82) is 0 Å². The fourth-order valence-corrected chi connectivity index (χ4v) is 4.96. The highest BCUT2D eigenvalue weighted by atomic mass is 35.5. The molecule has 0 bridgehead atoms. The summed E-state index contributed by atoms with van der Waals surface area (Å²) in [5.41, 5.74) is 2.42. The van der Waals surface area contributed by atoms with Gasteiger partial charge in [-0.15, -0.1) is 0 Å². The lowest BCUT2D eigenvalue weighted by molar-refractivity contribution is -0.138. The molecule has 4 aromatic rings. The smallest absolute Gasteiger partial charge is 0.382 e. The molecule has 0 aliphatic heterocycles. The van der Waals surface area contributed by atoms with Crippen LogP contribution < -0.4 is 22.2 Å². The molecule has 0 saturated heterocycles. The largest absolute Gasteiger partial charge is 0.423 e. The molecule has 2 atom stereocenters. The number of aromatic nitrogens is 6. The number of aromatic amines is 1. The van der Waals surface area contributed by atoms with E-state index in [-0.39, 0.29) is 57.3 Å². The maximum absolute atomic E-state index is 15.0. The van der Waals surface area contributed by atoms with Crippen molar-refractivity contribution >= 4 is 34.0 Å². The average molecular weight is 565 g/mol. The van der Waals surface area contributed by atoms with Crippen molar-refractivity contribution in [2.45, 2.75) is 44.4 Å². The Balaban J connectivity index is 1.36. The van der Waals surface area contributed by atoms with Crippen molar-refractivity contribution < 1.29 is 17.6 Å². The van der Waals surface area contributed by atoms with Crippen molar-refractivity contribution in [3.8, 4) is 11.4 Å². The highest BCUT2D eigenvalue weighted by Crippen LogP contribution is 2.34. The van der Waals surface area contributed by atoms with Crippen molar-refractivity contribution in [2.75, 3.05) is 11.1 Å². The van der Waals surface area contributed by atoms with Gasteiger partial charge in [-0.2, -0.15) is 18.3 Å². The van der Waals surface area contributed by atoms with Gasteiger partial charge in [-0.1, -0.05) is 18.0 Å². The van der Waals surface area contributed by atoms with E-state index in [1.165, 1.54) is 23.2 Å². The molecule has 10 nitrogen and oxygen atoms in total. The Labute approximate surface area is 222 Å². The van der Waals surface area contributed by atoms with E-state index in [1.54, 1.807) is 0 Å². The van der Waals surface area contributed by atoms with Gasteiger partial charge in [0.2, 0.25) is 0 Å². The minimum absolute atomic E-state index is 0.00387. The lowest BCUT2D eigenvalue weighted by Gasteiger charge is -2.31. The Bertz CT molecular complexity index is 1670. The Kier molecular flexibility index (Phi) is 6.97. The molecular formula is C24H21ClF4N8O2. The van der Waals surface area contributed by atoms with Crippen LogP contribution in [0.25, 0.3) is 22.3 Å². The maximum atomic E-state index is 15.0. The number of hydrogen-bond donors (Lipinski definition) is 3. The summed E-state index contributed by atoms with van der Waals surface area (Å²) in [4.78, 5) is 37.2. The molecule has 3 heterocycles. The molecule has 0 spiro atoms.